The number of nitrogens with zero attached hydrogens (tertiary/aromatic N) is 4. The normalized spacial score (nSPS) is 11.9. The number of pyridine rings is 1. The van der Waals surface area contributed by atoms with Gasteiger partial charge in [0.25, 0.3) is 0 Å². The largest absolute Gasteiger partial charge is 0.497 e. The summed E-state index contributed by atoms with van der Waals surface area (Å²) in [4.78, 5) is 17.1. The molecule has 0 bridgehead atoms. The molecule has 0 saturated heterocycles. The summed E-state index contributed by atoms with van der Waals surface area (Å²) in [5.74, 6) is 1.88. The number of rotatable bonds is 9. The third-order valence-corrected chi connectivity index (χ3v) is 5.51. The fraction of sp³-hybridized carbons (Fsp3) is 0.333. The van der Waals surface area contributed by atoms with Crippen LogP contribution in [0.1, 0.15) is 30.6 Å². The smallest absolute Gasteiger partial charge is 0.192 e. The molecule has 0 radical (unpaired) electrons. The van der Waals surface area contributed by atoms with Gasteiger partial charge in [0.1, 0.15) is 11.5 Å². The maximum absolute atomic E-state index is 13.1. The Kier molecular flexibility index (Phi) is 6.87. The first-order valence-corrected chi connectivity index (χ1v) is 10.2. The lowest BCUT2D eigenvalue weighted by atomic mass is 10.1. The van der Waals surface area contributed by atoms with E-state index < -0.39 is 0 Å². The number of methoxy groups -OCH3 is 2. The number of Topliss-reactive ketones (excluding diaryl/α,β-unsaturated/α-hetero) is 1. The molecule has 3 aromatic rings. The number of carbonyl (C=O) groups is 1. The standard InChI is InChI=1S/C21H24N4O3S/c1-5-12-25-20(15-8-10-22-11-9-15)23-24-21(25)29-14(2)19(26)17-7-6-16(27-3)13-18(17)28-4/h6-11,13-14H,5,12H2,1-4H3/t14-/m0/s1. The van der Waals surface area contributed by atoms with Crippen LogP contribution in [0.25, 0.3) is 11.4 Å². The molecule has 0 spiro atoms. The van der Waals surface area contributed by atoms with Crippen LogP contribution >= 0.6 is 11.8 Å². The van der Waals surface area contributed by atoms with Crippen molar-refractivity contribution >= 4 is 17.5 Å². The second-order valence-corrected chi connectivity index (χ2v) is 7.69. The molecule has 29 heavy (non-hydrogen) atoms. The summed E-state index contributed by atoms with van der Waals surface area (Å²) in [6.07, 6.45) is 4.39. The number of aromatic nitrogens is 4. The summed E-state index contributed by atoms with van der Waals surface area (Å²) in [5.41, 5.74) is 1.47. The highest BCUT2D eigenvalue weighted by Gasteiger charge is 2.24. The molecular formula is C21H24N4O3S. The second-order valence-electron chi connectivity index (χ2n) is 6.38. The second kappa shape index (κ2) is 9.56. The first kappa shape index (κ1) is 20.9. The van der Waals surface area contributed by atoms with Crippen molar-refractivity contribution < 1.29 is 14.3 Å². The predicted molar refractivity (Wildman–Crippen MR) is 113 cm³/mol. The molecule has 2 heterocycles. The lowest BCUT2D eigenvalue weighted by molar-refractivity contribution is 0.0991. The Labute approximate surface area is 174 Å². The Balaban J connectivity index is 1.86. The van der Waals surface area contributed by atoms with Crippen LogP contribution < -0.4 is 9.47 Å². The highest BCUT2D eigenvalue weighted by molar-refractivity contribution is 8.00. The van der Waals surface area contributed by atoms with E-state index in [1.165, 1.54) is 11.8 Å². The van der Waals surface area contributed by atoms with Crippen molar-refractivity contribution in [3.63, 3.8) is 0 Å². The van der Waals surface area contributed by atoms with Gasteiger partial charge in [0.15, 0.2) is 16.8 Å². The van der Waals surface area contributed by atoms with Crippen LogP contribution in [0.3, 0.4) is 0 Å². The molecule has 0 amide bonds. The average molecular weight is 413 g/mol. The quantitative estimate of drug-likeness (QED) is 0.386. The van der Waals surface area contributed by atoms with Crippen molar-refractivity contribution in [2.24, 2.45) is 0 Å². The summed E-state index contributed by atoms with van der Waals surface area (Å²) in [5, 5.41) is 9.06. The summed E-state index contributed by atoms with van der Waals surface area (Å²) in [6, 6.07) is 9.01. The molecule has 0 N–H and O–H groups in total. The summed E-state index contributed by atoms with van der Waals surface area (Å²) in [7, 11) is 3.12. The summed E-state index contributed by atoms with van der Waals surface area (Å²) >= 11 is 1.40. The van der Waals surface area contributed by atoms with Gasteiger partial charge < -0.3 is 14.0 Å². The summed E-state index contributed by atoms with van der Waals surface area (Å²) < 4.78 is 12.6. The molecule has 0 aliphatic rings. The molecule has 2 aromatic heterocycles. The molecule has 0 aliphatic carbocycles. The molecule has 0 saturated carbocycles. The third kappa shape index (κ3) is 4.59. The van der Waals surface area contributed by atoms with E-state index >= 15 is 0 Å². The van der Waals surface area contributed by atoms with E-state index in [0.29, 0.717) is 22.2 Å². The van der Waals surface area contributed by atoms with E-state index in [1.54, 1.807) is 44.8 Å². The van der Waals surface area contributed by atoms with Gasteiger partial charge in [-0.25, -0.2) is 0 Å². The first-order chi connectivity index (χ1) is 14.1. The van der Waals surface area contributed by atoms with Gasteiger partial charge in [0.05, 0.1) is 25.0 Å². The number of carbonyl (C=O) groups excluding carboxylic acids is 1. The minimum Gasteiger partial charge on any atom is -0.497 e. The third-order valence-electron chi connectivity index (χ3n) is 4.43. The number of hydrogen-bond donors (Lipinski definition) is 0. The van der Waals surface area contributed by atoms with E-state index in [2.05, 4.69) is 26.7 Å². The molecule has 1 atom stereocenters. The van der Waals surface area contributed by atoms with Gasteiger partial charge in [-0.05, 0) is 37.6 Å². The van der Waals surface area contributed by atoms with Gasteiger partial charge in [0, 0.05) is 30.6 Å². The van der Waals surface area contributed by atoms with Crippen molar-refractivity contribution in [2.45, 2.75) is 37.2 Å². The molecule has 0 fully saturated rings. The number of ketones is 1. The van der Waals surface area contributed by atoms with E-state index in [4.69, 9.17) is 9.47 Å². The zero-order valence-electron chi connectivity index (χ0n) is 17.0. The molecule has 1 aromatic carbocycles. The topological polar surface area (TPSA) is 79.1 Å². The first-order valence-electron chi connectivity index (χ1n) is 9.35. The zero-order chi connectivity index (χ0) is 20.8. The van der Waals surface area contributed by atoms with Gasteiger partial charge in [-0.2, -0.15) is 0 Å². The molecular weight excluding hydrogens is 388 g/mol. The van der Waals surface area contributed by atoms with E-state index in [0.717, 1.165) is 24.4 Å². The zero-order valence-corrected chi connectivity index (χ0v) is 17.8. The van der Waals surface area contributed by atoms with E-state index in [-0.39, 0.29) is 11.0 Å². The van der Waals surface area contributed by atoms with Gasteiger partial charge in [-0.1, -0.05) is 18.7 Å². The number of ether oxygens (including phenoxy) is 2. The Morgan fingerprint density at radius 2 is 1.90 bits per heavy atom. The maximum Gasteiger partial charge on any atom is 0.192 e. The molecule has 0 aliphatic heterocycles. The number of hydrogen-bond acceptors (Lipinski definition) is 7. The highest BCUT2D eigenvalue weighted by Crippen LogP contribution is 2.32. The van der Waals surface area contributed by atoms with Crippen LogP contribution in [0.4, 0.5) is 0 Å². The average Bonchev–Trinajstić information content (AvgIpc) is 3.15. The minimum absolute atomic E-state index is 0.0361. The monoisotopic (exact) mass is 412 g/mol. The van der Waals surface area contributed by atoms with Gasteiger partial charge in [-0.15, -0.1) is 10.2 Å². The van der Waals surface area contributed by atoms with Crippen LogP contribution in [0.5, 0.6) is 11.5 Å². The van der Waals surface area contributed by atoms with Crippen molar-refractivity contribution in [1.29, 1.82) is 0 Å². The molecule has 3 rings (SSSR count). The van der Waals surface area contributed by atoms with Crippen molar-refractivity contribution in [3.8, 4) is 22.9 Å². The predicted octanol–water partition coefficient (Wildman–Crippen LogP) is 4.13. The van der Waals surface area contributed by atoms with Gasteiger partial charge >= 0.3 is 0 Å². The Morgan fingerprint density at radius 1 is 1.14 bits per heavy atom. The molecule has 0 unspecified atom stereocenters. The molecule has 152 valence electrons. The van der Waals surface area contributed by atoms with Crippen LogP contribution in [0.15, 0.2) is 47.9 Å². The highest BCUT2D eigenvalue weighted by atomic mass is 32.2. The SMILES string of the molecule is CCCn1c(S[C@@H](C)C(=O)c2ccc(OC)cc2OC)nnc1-c1ccncc1. The number of thioether (sulfide) groups is 1. The summed E-state index contributed by atoms with van der Waals surface area (Å²) in [6.45, 7) is 4.73. The minimum atomic E-state index is -0.359. The Hall–Kier alpha value is -2.87. The fourth-order valence-electron chi connectivity index (χ4n) is 2.95. The van der Waals surface area contributed by atoms with E-state index in [9.17, 15) is 4.79 Å². The fourth-order valence-corrected chi connectivity index (χ4v) is 3.89. The Morgan fingerprint density at radius 3 is 2.55 bits per heavy atom. The number of benzene rings is 1. The maximum atomic E-state index is 13.1. The van der Waals surface area contributed by atoms with Crippen LogP contribution in [-0.4, -0.2) is 45.0 Å². The van der Waals surface area contributed by atoms with Crippen LogP contribution in [-0.2, 0) is 6.54 Å². The lowest BCUT2D eigenvalue weighted by Crippen LogP contribution is -2.16. The van der Waals surface area contributed by atoms with E-state index in [1.807, 2.05) is 19.1 Å². The van der Waals surface area contributed by atoms with Crippen molar-refractivity contribution in [3.05, 3.63) is 48.3 Å². The van der Waals surface area contributed by atoms with Crippen molar-refractivity contribution in [1.82, 2.24) is 19.7 Å². The molecule has 7 nitrogen and oxygen atoms in total. The van der Waals surface area contributed by atoms with Crippen LogP contribution in [0.2, 0.25) is 0 Å². The lowest BCUT2D eigenvalue weighted by Gasteiger charge is -2.14. The van der Waals surface area contributed by atoms with Gasteiger partial charge in [0.2, 0.25) is 0 Å². The van der Waals surface area contributed by atoms with Crippen LogP contribution in [0, 0.1) is 0 Å². The molecule has 8 heteroatoms. The van der Waals surface area contributed by atoms with Crippen molar-refractivity contribution in [2.75, 3.05) is 14.2 Å². The van der Waals surface area contributed by atoms with Gasteiger partial charge in [-0.3, -0.25) is 9.78 Å². The Bertz CT molecular complexity index is 975.